The summed E-state index contributed by atoms with van der Waals surface area (Å²) in [6.45, 7) is 4.78. The summed E-state index contributed by atoms with van der Waals surface area (Å²) in [6.07, 6.45) is 9.98. The van der Waals surface area contributed by atoms with Crippen LogP contribution in [0, 0.1) is 29.1 Å². The van der Waals surface area contributed by atoms with Crippen LogP contribution in [0.25, 0.3) is 0 Å². The number of hydrogen-bond donors (Lipinski definition) is 0. The first-order chi connectivity index (χ1) is 10.0. The summed E-state index contributed by atoms with van der Waals surface area (Å²) in [5, 5.41) is 0. The molecule has 112 valence electrons. The lowest BCUT2D eigenvalue weighted by molar-refractivity contribution is -0.119. The zero-order valence-corrected chi connectivity index (χ0v) is 13.0. The molecule has 2 nitrogen and oxygen atoms in total. The summed E-state index contributed by atoms with van der Waals surface area (Å²) < 4.78 is 0. The summed E-state index contributed by atoms with van der Waals surface area (Å²) in [4.78, 5) is 24.8. The maximum absolute atomic E-state index is 12.4. The van der Waals surface area contributed by atoms with Crippen molar-refractivity contribution >= 4 is 11.6 Å². The quantitative estimate of drug-likeness (QED) is 0.633. The SMILES string of the molecule is C[C@@H]1CC[C@@H]2C3=C(C[C@]4(C)CCC[C@@H]1[C@H]24)C(=O)C=CC3=O. The molecule has 0 radical (unpaired) electrons. The molecule has 0 amide bonds. The Morgan fingerprint density at radius 3 is 2.67 bits per heavy atom. The van der Waals surface area contributed by atoms with Crippen molar-refractivity contribution in [1.82, 2.24) is 0 Å². The van der Waals surface area contributed by atoms with E-state index in [1.165, 1.54) is 37.8 Å². The molecule has 0 heterocycles. The van der Waals surface area contributed by atoms with Gasteiger partial charge < -0.3 is 0 Å². The van der Waals surface area contributed by atoms with Gasteiger partial charge in [0.15, 0.2) is 11.6 Å². The van der Waals surface area contributed by atoms with Crippen LogP contribution in [0.15, 0.2) is 23.3 Å². The molecular weight excluding hydrogens is 260 g/mol. The number of fused-ring (bicyclic) bond motifs is 1. The first kappa shape index (κ1) is 13.5. The second kappa shape index (κ2) is 4.41. The normalized spacial score (nSPS) is 45.4. The van der Waals surface area contributed by atoms with Gasteiger partial charge in [-0.3, -0.25) is 9.59 Å². The third kappa shape index (κ3) is 1.77. The van der Waals surface area contributed by atoms with Crippen LogP contribution in [0.3, 0.4) is 0 Å². The smallest absolute Gasteiger partial charge is 0.182 e. The van der Waals surface area contributed by atoms with Crippen LogP contribution >= 0.6 is 0 Å². The van der Waals surface area contributed by atoms with E-state index < -0.39 is 0 Å². The molecule has 0 unspecified atom stereocenters. The summed E-state index contributed by atoms with van der Waals surface area (Å²) in [7, 11) is 0. The van der Waals surface area contributed by atoms with Gasteiger partial charge in [0.1, 0.15) is 0 Å². The molecule has 0 aliphatic heterocycles. The summed E-state index contributed by atoms with van der Waals surface area (Å²) in [5.41, 5.74) is 2.01. The fraction of sp³-hybridized carbons (Fsp3) is 0.684. The minimum Gasteiger partial charge on any atom is -0.290 e. The zero-order valence-electron chi connectivity index (χ0n) is 13.0. The van der Waals surface area contributed by atoms with Gasteiger partial charge in [-0.1, -0.05) is 20.3 Å². The van der Waals surface area contributed by atoms with Crippen molar-refractivity contribution < 1.29 is 9.59 Å². The molecule has 2 fully saturated rings. The predicted molar refractivity (Wildman–Crippen MR) is 81.6 cm³/mol. The Morgan fingerprint density at radius 2 is 1.86 bits per heavy atom. The fourth-order valence-corrected chi connectivity index (χ4v) is 6.01. The molecule has 5 atom stereocenters. The highest BCUT2D eigenvalue weighted by atomic mass is 16.1. The Hall–Kier alpha value is -1.18. The second-order valence-corrected chi connectivity index (χ2v) is 8.03. The van der Waals surface area contributed by atoms with Crippen LogP contribution in [-0.2, 0) is 9.59 Å². The standard InChI is InChI=1S/C19H24O2/c1-11-5-6-13-17-14(15(20)7-8-16(17)21)10-19(2)9-3-4-12(11)18(13)19/h7-8,11-13,18H,3-6,9-10H2,1-2H3/t11-,12+,13-,18-,19+/m1/s1. The van der Waals surface area contributed by atoms with Crippen molar-refractivity contribution in [2.24, 2.45) is 29.1 Å². The van der Waals surface area contributed by atoms with Gasteiger partial charge in [0.25, 0.3) is 0 Å². The minimum absolute atomic E-state index is 0.102. The van der Waals surface area contributed by atoms with Crippen LogP contribution < -0.4 is 0 Å². The number of carbonyl (C=O) groups excluding carboxylic acids is 2. The van der Waals surface area contributed by atoms with E-state index in [9.17, 15) is 9.59 Å². The van der Waals surface area contributed by atoms with E-state index >= 15 is 0 Å². The maximum Gasteiger partial charge on any atom is 0.182 e. The average Bonchev–Trinajstić information content (AvgIpc) is 2.45. The first-order valence-electron chi connectivity index (χ1n) is 8.51. The Bertz CT molecular complexity index is 582. The molecule has 0 spiro atoms. The van der Waals surface area contributed by atoms with E-state index in [2.05, 4.69) is 13.8 Å². The monoisotopic (exact) mass is 284 g/mol. The van der Waals surface area contributed by atoms with E-state index in [4.69, 9.17) is 0 Å². The summed E-state index contributed by atoms with van der Waals surface area (Å²) in [5.74, 6) is 2.72. The van der Waals surface area contributed by atoms with Crippen molar-refractivity contribution in [1.29, 1.82) is 0 Å². The molecule has 0 aromatic heterocycles. The van der Waals surface area contributed by atoms with E-state index in [1.807, 2.05) is 0 Å². The largest absolute Gasteiger partial charge is 0.290 e. The Morgan fingerprint density at radius 1 is 1.10 bits per heavy atom. The topological polar surface area (TPSA) is 34.1 Å². The van der Waals surface area contributed by atoms with Crippen LogP contribution in [0.2, 0.25) is 0 Å². The van der Waals surface area contributed by atoms with E-state index in [1.54, 1.807) is 0 Å². The molecule has 4 aliphatic carbocycles. The Labute approximate surface area is 126 Å². The highest BCUT2D eigenvalue weighted by Crippen LogP contribution is 2.62. The lowest BCUT2D eigenvalue weighted by atomic mass is 9.46. The first-order valence-corrected chi connectivity index (χ1v) is 8.51. The molecule has 2 heteroatoms. The van der Waals surface area contributed by atoms with Gasteiger partial charge >= 0.3 is 0 Å². The molecule has 0 aromatic carbocycles. The van der Waals surface area contributed by atoms with Crippen molar-refractivity contribution in [2.75, 3.05) is 0 Å². The summed E-state index contributed by atoms with van der Waals surface area (Å²) in [6, 6.07) is 0. The number of carbonyl (C=O) groups is 2. The van der Waals surface area contributed by atoms with Crippen LogP contribution in [0.5, 0.6) is 0 Å². The molecule has 4 rings (SSSR count). The van der Waals surface area contributed by atoms with Crippen molar-refractivity contribution in [3.63, 3.8) is 0 Å². The molecule has 4 aliphatic rings. The molecule has 0 N–H and O–H groups in total. The molecule has 0 bridgehead atoms. The maximum atomic E-state index is 12.4. The van der Waals surface area contributed by atoms with Gasteiger partial charge in [-0.2, -0.15) is 0 Å². The van der Waals surface area contributed by atoms with Crippen LogP contribution in [0.1, 0.15) is 52.4 Å². The summed E-state index contributed by atoms with van der Waals surface area (Å²) >= 11 is 0. The Kier molecular flexibility index (Phi) is 2.83. The van der Waals surface area contributed by atoms with Crippen LogP contribution in [-0.4, -0.2) is 11.6 Å². The lowest BCUT2D eigenvalue weighted by Crippen LogP contribution is -2.51. The van der Waals surface area contributed by atoms with Gasteiger partial charge in [0, 0.05) is 11.1 Å². The second-order valence-electron chi connectivity index (χ2n) is 8.03. The lowest BCUT2D eigenvalue weighted by Gasteiger charge is -2.58. The van der Waals surface area contributed by atoms with Crippen molar-refractivity contribution in [2.45, 2.75) is 52.4 Å². The molecule has 0 saturated heterocycles. The minimum atomic E-state index is 0.102. The highest BCUT2D eigenvalue weighted by Gasteiger charge is 2.55. The highest BCUT2D eigenvalue weighted by molar-refractivity contribution is 6.20. The Balaban J connectivity index is 1.86. The molecule has 0 aromatic rings. The van der Waals surface area contributed by atoms with E-state index in [0.29, 0.717) is 11.8 Å². The predicted octanol–water partition coefficient (Wildman–Crippen LogP) is 3.86. The van der Waals surface area contributed by atoms with Crippen LogP contribution in [0.4, 0.5) is 0 Å². The number of rotatable bonds is 0. The van der Waals surface area contributed by atoms with Gasteiger partial charge in [0.2, 0.25) is 0 Å². The van der Waals surface area contributed by atoms with E-state index in [0.717, 1.165) is 35.8 Å². The zero-order chi connectivity index (χ0) is 14.8. The van der Waals surface area contributed by atoms with Gasteiger partial charge in [0.05, 0.1) is 0 Å². The number of hydrogen-bond acceptors (Lipinski definition) is 2. The number of allylic oxidation sites excluding steroid dienone is 4. The van der Waals surface area contributed by atoms with Gasteiger partial charge in [-0.05, 0) is 73.3 Å². The molecule has 2 saturated carbocycles. The molecule has 21 heavy (non-hydrogen) atoms. The van der Waals surface area contributed by atoms with E-state index in [-0.39, 0.29) is 17.0 Å². The van der Waals surface area contributed by atoms with Crippen molar-refractivity contribution in [3.05, 3.63) is 23.3 Å². The third-order valence-corrected chi connectivity index (χ3v) is 6.87. The third-order valence-electron chi connectivity index (χ3n) is 6.87. The van der Waals surface area contributed by atoms with Gasteiger partial charge in [-0.15, -0.1) is 0 Å². The fourth-order valence-electron chi connectivity index (χ4n) is 6.01. The number of ketones is 2. The van der Waals surface area contributed by atoms with Gasteiger partial charge in [-0.25, -0.2) is 0 Å². The van der Waals surface area contributed by atoms with Crippen molar-refractivity contribution in [3.8, 4) is 0 Å². The average molecular weight is 284 g/mol. The molecular formula is C19H24O2.